The molecular formula is C18H18ClNO7. The molecule has 8 nitrogen and oxygen atoms in total. The lowest BCUT2D eigenvalue weighted by Gasteiger charge is -2.15. The molecule has 0 atom stereocenters. The summed E-state index contributed by atoms with van der Waals surface area (Å²) in [5, 5.41) is 12.1. The van der Waals surface area contributed by atoms with Crippen LogP contribution in [-0.2, 0) is 4.79 Å². The van der Waals surface area contributed by atoms with Gasteiger partial charge in [0.1, 0.15) is 5.75 Å². The van der Waals surface area contributed by atoms with Crippen molar-refractivity contribution in [1.82, 2.24) is 0 Å². The number of hydrogen-bond donors (Lipinski definition) is 2. The highest BCUT2D eigenvalue weighted by Crippen LogP contribution is 2.38. The van der Waals surface area contributed by atoms with Gasteiger partial charge in [0.05, 0.1) is 31.9 Å². The van der Waals surface area contributed by atoms with E-state index in [4.69, 9.17) is 35.7 Å². The van der Waals surface area contributed by atoms with Crippen molar-refractivity contribution < 1.29 is 33.6 Å². The van der Waals surface area contributed by atoms with Crippen LogP contribution in [0.5, 0.6) is 23.0 Å². The van der Waals surface area contributed by atoms with E-state index in [0.717, 1.165) is 0 Å². The van der Waals surface area contributed by atoms with Crippen LogP contribution in [0.25, 0.3) is 0 Å². The maximum absolute atomic E-state index is 12.1. The summed E-state index contributed by atoms with van der Waals surface area (Å²) in [6.07, 6.45) is 0. The number of nitrogens with one attached hydrogen (secondary N) is 1. The molecule has 27 heavy (non-hydrogen) atoms. The van der Waals surface area contributed by atoms with Gasteiger partial charge in [-0.3, -0.25) is 4.79 Å². The first-order chi connectivity index (χ1) is 12.9. The molecule has 2 N–H and O–H groups in total. The van der Waals surface area contributed by atoms with Crippen LogP contribution >= 0.6 is 11.6 Å². The molecule has 0 aliphatic carbocycles. The fraction of sp³-hybridized carbons (Fsp3) is 0.222. The fourth-order valence-electron chi connectivity index (χ4n) is 2.22. The molecule has 0 aliphatic heterocycles. The van der Waals surface area contributed by atoms with E-state index in [9.17, 15) is 9.59 Å². The van der Waals surface area contributed by atoms with Crippen LogP contribution < -0.4 is 24.3 Å². The second-order valence-electron chi connectivity index (χ2n) is 5.20. The molecule has 0 aliphatic rings. The first kappa shape index (κ1) is 20.2. The Kier molecular flexibility index (Phi) is 6.73. The van der Waals surface area contributed by atoms with E-state index in [-0.39, 0.29) is 29.4 Å². The SMILES string of the molecule is COc1ccc(NC(=O)COc2c(OC)cc(C(=O)O)cc2OC)cc1Cl. The van der Waals surface area contributed by atoms with Gasteiger partial charge in [0, 0.05) is 5.69 Å². The van der Waals surface area contributed by atoms with E-state index in [1.54, 1.807) is 18.2 Å². The van der Waals surface area contributed by atoms with Gasteiger partial charge in [-0.05, 0) is 30.3 Å². The highest BCUT2D eigenvalue weighted by Gasteiger charge is 2.18. The third-order valence-electron chi connectivity index (χ3n) is 3.49. The van der Waals surface area contributed by atoms with E-state index in [0.29, 0.717) is 16.5 Å². The number of aromatic carboxylic acids is 1. The summed E-state index contributed by atoms with van der Waals surface area (Å²) < 4.78 is 20.8. The molecule has 0 fully saturated rings. The minimum atomic E-state index is -1.15. The largest absolute Gasteiger partial charge is 0.495 e. The van der Waals surface area contributed by atoms with Crippen LogP contribution in [0.3, 0.4) is 0 Å². The topological polar surface area (TPSA) is 103 Å². The molecule has 9 heteroatoms. The Labute approximate surface area is 160 Å². The van der Waals surface area contributed by atoms with Crippen molar-refractivity contribution in [2.75, 3.05) is 33.3 Å². The van der Waals surface area contributed by atoms with Crippen LogP contribution in [0.2, 0.25) is 5.02 Å². The lowest BCUT2D eigenvalue weighted by atomic mass is 10.2. The van der Waals surface area contributed by atoms with Crippen LogP contribution in [0.15, 0.2) is 30.3 Å². The number of carbonyl (C=O) groups excluding carboxylic acids is 1. The number of halogens is 1. The van der Waals surface area contributed by atoms with Crippen molar-refractivity contribution in [1.29, 1.82) is 0 Å². The highest BCUT2D eigenvalue weighted by molar-refractivity contribution is 6.32. The Morgan fingerprint density at radius 3 is 2.07 bits per heavy atom. The zero-order valence-electron chi connectivity index (χ0n) is 14.9. The maximum atomic E-state index is 12.1. The average Bonchev–Trinajstić information content (AvgIpc) is 2.65. The molecule has 0 saturated carbocycles. The van der Waals surface area contributed by atoms with Crippen LogP contribution in [0, 0.1) is 0 Å². The second kappa shape index (κ2) is 9.00. The minimum absolute atomic E-state index is 0.0339. The lowest BCUT2D eigenvalue weighted by Crippen LogP contribution is -2.20. The highest BCUT2D eigenvalue weighted by atomic mass is 35.5. The number of hydrogen-bond acceptors (Lipinski definition) is 6. The van der Waals surface area contributed by atoms with Gasteiger partial charge in [-0.25, -0.2) is 4.79 Å². The van der Waals surface area contributed by atoms with Crippen LogP contribution in [0.1, 0.15) is 10.4 Å². The molecule has 0 saturated heterocycles. The summed E-state index contributed by atoms with van der Waals surface area (Å²) in [4.78, 5) is 23.3. The third kappa shape index (κ3) is 4.95. The quantitative estimate of drug-likeness (QED) is 0.707. The number of carbonyl (C=O) groups is 2. The van der Waals surface area contributed by atoms with E-state index >= 15 is 0 Å². The van der Waals surface area contributed by atoms with Crippen LogP contribution in [-0.4, -0.2) is 44.9 Å². The van der Waals surface area contributed by atoms with Gasteiger partial charge in [0.25, 0.3) is 5.91 Å². The van der Waals surface area contributed by atoms with Gasteiger partial charge in [-0.15, -0.1) is 0 Å². The summed E-state index contributed by atoms with van der Waals surface area (Å²) in [6, 6.07) is 7.35. The fourth-order valence-corrected chi connectivity index (χ4v) is 2.48. The molecule has 144 valence electrons. The first-order valence-electron chi connectivity index (χ1n) is 7.65. The zero-order valence-corrected chi connectivity index (χ0v) is 15.6. The number of methoxy groups -OCH3 is 3. The predicted molar refractivity (Wildman–Crippen MR) is 98.6 cm³/mol. The number of amides is 1. The Bertz CT molecular complexity index is 829. The number of carboxylic acid groups (broad SMARTS) is 1. The standard InChI is InChI=1S/C18H18ClNO7/c1-24-13-5-4-11(8-12(13)19)20-16(21)9-27-17-14(25-2)6-10(18(22)23)7-15(17)26-3/h4-8H,9H2,1-3H3,(H,20,21)(H,22,23). The lowest BCUT2D eigenvalue weighted by molar-refractivity contribution is -0.118. The monoisotopic (exact) mass is 395 g/mol. The molecule has 2 aromatic rings. The molecule has 0 heterocycles. The van der Waals surface area contributed by atoms with Crippen molar-refractivity contribution in [3.63, 3.8) is 0 Å². The maximum Gasteiger partial charge on any atom is 0.335 e. The van der Waals surface area contributed by atoms with Crippen molar-refractivity contribution in [2.24, 2.45) is 0 Å². The van der Waals surface area contributed by atoms with Crippen LogP contribution in [0.4, 0.5) is 5.69 Å². The first-order valence-corrected chi connectivity index (χ1v) is 8.03. The molecule has 0 bridgehead atoms. The number of carboxylic acids is 1. The second-order valence-corrected chi connectivity index (χ2v) is 5.61. The van der Waals surface area contributed by atoms with Gasteiger partial charge in [0.15, 0.2) is 18.1 Å². The molecule has 0 radical (unpaired) electrons. The van der Waals surface area contributed by atoms with E-state index in [2.05, 4.69) is 5.32 Å². The predicted octanol–water partition coefficient (Wildman–Crippen LogP) is 3.08. The van der Waals surface area contributed by atoms with Gasteiger partial charge in [0.2, 0.25) is 5.75 Å². The number of anilines is 1. The van der Waals surface area contributed by atoms with Crippen molar-refractivity contribution in [2.45, 2.75) is 0 Å². The molecule has 2 rings (SSSR count). The summed E-state index contributed by atoms with van der Waals surface area (Å²) in [6.45, 7) is -0.358. The van der Waals surface area contributed by atoms with Crippen molar-refractivity contribution in [3.05, 3.63) is 40.9 Å². The molecule has 1 amide bonds. The summed E-state index contributed by atoms with van der Waals surface area (Å²) >= 11 is 6.02. The van der Waals surface area contributed by atoms with E-state index < -0.39 is 11.9 Å². The molecule has 0 unspecified atom stereocenters. The summed E-state index contributed by atoms with van der Waals surface area (Å²) in [5.41, 5.74) is 0.433. The third-order valence-corrected chi connectivity index (χ3v) is 3.79. The smallest absolute Gasteiger partial charge is 0.335 e. The summed E-state index contributed by atoms with van der Waals surface area (Å²) in [5.74, 6) is -0.735. The Hall–Kier alpha value is -3.13. The molecule has 0 spiro atoms. The van der Waals surface area contributed by atoms with E-state index in [1.165, 1.54) is 33.5 Å². The zero-order chi connectivity index (χ0) is 20.0. The van der Waals surface area contributed by atoms with E-state index in [1.807, 2.05) is 0 Å². The Balaban J connectivity index is 2.12. The Morgan fingerprint density at radius 1 is 1.00 bits per heavy atom. The van der Waals surface area contributed by atoms with Gasteiger partial charge in [-0.1, -0.05) is 11.6 Å². The summed E-state index contributed by atoms with van der Waals surface area (Å²) in [7, 11) is 4.20. The molecule has 0 aromatic heterocycles. The minimum Gasteiger partial charge on any atom is -0.495 e. The number of rotatable bonds is 8. The van der Waals surface area contributed by atoms with Gasteiger partial charge >= 0.3 is 5.97 Å². The normalized spacial score (nSPS) is 10.1. The molecular weight excluding hydrogens is 378 g/mol. The number of ether oxygens (including phenoxy) is 4. The van der Waals surface area contributed by atoms with Gasteiger partial charge < -0.3 is 29.4 Å². The molecule has 2 aromatic carbocycles. The van der Waals surface area contributed by atoms with Crippen molar-refractivity contribution >= 4 is 29.2 Å². The Morgan fingerprint density at radius 2 is 1.59 bits per heavy atom. The average molecular weight is 396 g/mol. The van der Waals surface area contributed by atoms with Crippen molar-refractivity contribution in [3.8, 4) is 23.0 Å². The number of benzene rings is 2. The van der Waals surface area contributed by atoms with Gasteiger partial charge in [-0.2, -0.15) is 0 Å².